The van der Waals surface area contributed by atoms with E-state index in [1.165, 1.54) is 53.4 Å². The zero-order chi connectivity index (χ0) is 41.6. The standard InChI is InChI=1S/C39H46N6O12/c40-27(21-46)34(51)41-28(17-22-5-2-1-3-6-22)35(52)43-30(18-23-8-12-25(47)13-9-23)38(55)45-16-4-7-32(45)37(54)42-29(20-33(49)50)36(53)44-31(39(56)57)19-24-10-14-26(48)15-11-24/h1-3,5-6,8-15,27-32,46-48H,4,7,16-21,40H2,(H,41,51)(H,42,54)(H,43,52)(H,44,53)(H,49,50)(H,56,57)/t27-,28-,29-,30-,31-,32-/m0/s1. The summed E-state index contributed by atoms with van der Waals surface area (Å²) in [5, 5.41) is 58.0. The number of nitrogens with one attached hydrogen (secondary N) is 4. The molecule has 3 aromatic rings. The van der Waals surface area contributed by atoms with Gasteiger partial charge in [-0.3, -0.25) is 28.8 Å². The molecular weight excluding hydrogens is 744 g/mol. The minimum atomic E-state index is -1.74. The van der Waals surface area contributed by atoms with Crippen molar-refractivity contribution in [1.29, 1.82) is 0 Å². The molecule has 5 amide bonds. The Bertz CT molecular complexity index is 1890. The molecule has 0 unspecified atom stereocenters. The zero-order valence-electron chi connectivity index (χ0n) is 30.7. The molecule has 57 heavy (non-hydrogen) atoms. The second kappa shape index (κ2) is 20.4. The molecule has 1 aliphatic rings. The van der Waals surface area contributed by atoms with Crippen molar-refractivity contribution in [3.8, 4) is 11.5 Å². The maximum atomic E-state index is 14.3. The van der Waals surface area contributed by atoms with Gasteiger partial charge in [-0.05, 0) is 53.8 Å². The number of nitrogens with two attached hydrogens (primary N) is 1. The summed E-state index contributed by atoms with van der Waals surface area (Å²) in [5.74, 6) is -7.34. The van der Waals surface area contributed by atoms with Crippen LogP contribution in [-0.2, 0) is 52.8 Å². The molecule has 18 nitrogen and oxygen atoms in total. The van der Waals surface area contributed by atoms with Crippen molar-refractivity contribution in [2.24, 2.45) is 5.73 Å². The van der Waals surface area contributed by atoms with E-state index in [1.807, 2.05) is 0 Å². The van der Waals surface area contributed by atoms with Gasteiger partial charge in [0, 0.05) is 25.8 Å². The quantitative estimate of drug-likeness (QED) is 0.0693. The first-order valence-electron chi connectivity index (χ1n) is 18.1. The number of carboxylic acid groups (broad SMARTS) is 2. The van der Waals surface area contributed by atoms with E-state index in [0.717, 1.165) is 0 Å². The second-order valence-electron chi connectivity index (χ2n) is 13.6. The molecule has 1 aliphatic heterocycles. The van der Waals surface area contributed by atoms with Crippen LogP contribution in [0.15, 0.2) is 78.9 Å². The number of likely N-dealkylation sites (tertiary alicyclic amines) is 1. The number of carbonyl (C=O) groups is 7. The number of aliphatic hydroxyl groups excluding tert-OH is 1. The molecule has 11 N–H and O–H groups in total. The number of phenolic OH excluding ortho intramolecular Hbond substituents is 2. The lowest BCUT2D eigenvalue weighted by atomic mass is 10.0. The van der Waals surface area contributed by atoms with Gasteiger partial charge in [0.2, 0.25) is 29.5 Å². The highest BCUT2D eigenvalue weighted by Crippen LogP contribution is 2.21. The average Bonchev–Trinajstić information content (AvgIpc) is 3.68. The third-order valence-electron chi connectivity index (χ3n) is 9.28. The number of hydrogen-bond acceptors (Lipinski definition) is 11. The summed E-state index contributed by atoms with van der Waals surface area (Å²) in [4.78, 5) is 93.0. The fraction of sp³-hybridized carbons (Fsp3) is 0.359. The molecular formula is C39H46N6O12. The third-order valence-corrected chi connectivity index (χ3v) is 9.28. The van der Waals surface area contributed by atoms with Crippen LogP contribution in [0.1, 0.15) is 36.0 Å². The van der Waals surface area contributed by atoms with Crippen molar-refractivity contribution in [2.45, 2.75) is 74.8 Å². The third kappa shape index (κ3) is 12.8. The first-order valence-corrected chi connectivity index (χ1v) is 18.1. The van der Waals surface area contributed by atoms with E-state index in [2.05, 4.69) is 21.3 Å². The van der Waals surface area contributed by atoms with Crippen LogP contribution in [0.4, 0.5) is 0 Å². The van der Waals surface area contributed by atoms with Crippen molar-refractivity contribution in [2.75, 3.05) is 13.2 Å². The number of aliphatic carboxylic acids is 2. The number of benzene rings is 3. The fourth-order valence-corrected chi connectivity index (χ4v) is 6.26. The van der Waals surface area contributed by atoms with Gasteiger partial charge >= 0.3 is 11.9 Å². The van der Waals surface area contributed by atoms with Crippen LogP contribution in [0.5, 0.6) is 11.5 Å². The molecule has 3 aromatic carbocycles. The van der Waals surface area contributed by atoms with E-state index in [4.69, 9.17) is 5.73 Å². The van der Waals surface area contributed by atoms with Crippen molar-refractivity contribution < 1.29 is 59.1 Å². The number of nitrogens with zero attached hydrogens (tertiary/aromatic N) is 1. The van der Waals surface area contributed by atoms with Gasteiger partial charge in [-0.15, -0.1) is 0 Å². The van der Waals surface area contributed by atoms with Crippen LogP contribution in [-0.4, -0.2) is 121 Å². The summed E-state index contributed by atoms with van der Waals surface area (Å²) in [6.07, 6.45) is -0.867. The van der Waals surface area contributed by atoms with Crippen molar-refractivity contribution in [1.82, 2.24) is 26.2 Å². The van der Waals surface area contributed by atoms with Crippen LogP contribution < -0.4 is 27.0 Å². The largest absolute Gasteiger partial charge is 0.508 e. The Kier molecular flexibility index (Phi) is 15.5. The normalized spacial score (nSPS) is 16.2. The van der Waals surface area contributed by atoms with Gasteiger partial charge in [0.1, 0.15) is 47.8 Å². The minimum absolute atomic E-state index is 0.0177. The van der Waals surface area contributed by atoms with Crippen LogP contribution in [0.3, 0.4) is 0 Å². The highest BCUT2D eigenvalue weighted by Gasteiger charge is 2.40. The molecule has 0 saturated carbocycles. The lowest BCUT2D eigenvalue weighted by Crippen LogP contribution is -2.60. The summed E-state index contributed by atoms with van der Waals surface area (Å²) in [6, 6.07) is 11.6. The number of phenols is 2. The Hall–Kier alpha value is -6.53. The van der Waals surface area contributed by atoms with E-state index in [9.17, 15) is 59.1 Å². The highest BCUT2D eigenvalue weighted by molar-refractivity contribution is 5.97. The molecule has 0 aliphatic carbocycles. The molecule has 4 rings (SSSR count). The summed E-state index contributed by atoms with van der Waals surface area (Å²) in [6.45, 7) is -0.654. The van der Waals surface area contributed by atoms with E-state index in [1.54, 1.807) is 30.3 Å². The van der Waals surface area contributed by atoms with Gasteiger partial charge in [0.15, 0.2) is 0 Å². The maximum Gasteiger partial charge on any atom is 0.326 e. The predicted octanol–water partition coefficient (Wildman–Crippen LogP) is -1.07. The van der Waals surface area contributed by atoms with E-state index >= 15 is 0 Å². The number of aromatic hydroxyl groups is 2. The van der Waals surface area contributed by atoms with Crippen LogP contribution >= 0.6 is 0 Å². The Labute approximate surface area is 327 Å². The lowest BCUT2D eigenvalue weighted by Gasteiger charge is -2.31. The molecule has 304 valence electrons. The van der Waals surface area contributed by atoms with Crippen LogP contribution in [0.25, 0.3) is 0 Å². The molecule has 6 atom stereocenters. The minimum Gasteiger partial charge on any atom is -0.508 e. The fourth-order valence-electron chi connectivity index (χ4n) is 6.26. The number of amides is 5. The monoisotopic (exact) mass is 790 g/mol. The summed E-state index contributed by atoms with van der Waals surface area (Å²) < 4.78 is 0. The molecule has 0 aromatic heterocycles. The van der Waals surface area contributed by atoms with E-state index in [0.29, 0.717) is 23.1 Å². The van der Waals surface area contributed by atoms with Gasteiger partial charge < -0.3 is 57.4 Å². The lowest BCUT2D eigenvalue weighted by molar-refractivity contribution is -0.145. The molecule has 1 heterocycles. The smallest absolute Gasteiger partial charge is 0.326 e. The van der Waals surface area contributed by atoms with Gasteiger partial charge in [0.05, 0.1) is 13.0 Å². The molecule has 1 saturated heterocycles. The zero-order valence-corrected chi connectivity index (χ0v) is 30.7. The highest BCUT2D eigenvalue weighted by atomic mass is 16.4. The Morgan fingerprint density at radius 3 is 1.68 bits per heavy atom. The second-order valence-corrected chi connectivity index (χ2v) is 13.6. The SMILES string of the molecule is N[C@@H](CO)C(=O)N[C@@H](Cc1ccccc1)C(=O)N[C@@H](Cc1ccc(O)cc1)C(=O)N1CCC[C@H]1C(=O)N[C@@H](CC(=O)O)C(=O)N[C@@H](Cc1ccc(O)cc1)C(=O)O. The number of aliphatic hydroxyl groups is 1. The number of rotatable bonds is 19. The first-order chi connectivity index (χ1) is 27.1. The number of hydrogen-bond donors (Lipinski definition) is 10. The maximum absolute atomic E-state index is 14.3. The molecule has 0 spiro atoms. The summed E-state index contributed by atoms with van der Waals surface area (Å²) >= 11 is 0. The summed E-state index contributed by atoms with van der Waals surface area (Å²) in [5.41, 5.74) is 7.30. The number of carbonyl (C=O) groups excluding carboxylic acids is 5. The summed E-state index contributed by atoms with van der Waals surface area (Å²) in [7, 11) is 0. The van der Waals surface area contributed by atoms with Crippen LogP contribution in [0.2, 0.25) is 0 Å². The van der Waals surface area contributed by atoms with Gasteiger partial charge in [-0.25, -0.2) is 4.79 Å². The topological polar surface area (TPSA) is 298 Å². The van der Waals surface area contributed by atoms with Crippen molar-refractivity contribution >= 4 is 41.5 Å². The number of carboxylic acids is 2. The van der Waals surface area contributed by atoms with Gasteiger partial charge in [0.25, 0.3) is 0 Å². The van der Waals surface area contributed by atoms with Crippen LogP contribution in [0, 0.1) is 0 Å². The predicted molar refractivity (Wildman–Crippen MR) is 201 cm³/mol. The van der Waals surface area contributed by atoms with Crippen molar-refractivity contribution in [3.05, 3.63) is 95.6 Å². The molecule has 0 radical (unpaired) electrons. The van der Waals surface area contributed by atoms with Crippen molar-refractivity contribution in [3.63, 3.8) is 0 Å². The first kappa shape index (κ1) is 43.2. The molecule has 1 fully saturated rings. The Morgan fingerprint density at radius 1 is 0.649 bits per heavy atom. The molecule has 0 bridgehead atoms. The van der Waals surface area contributed by atoms with E-state index in [-0.39, 0.29) is 43.7 Å². The Morgan fingerprint density at radius 2 is 1.14 bits per heavy atom. The average molecular weight is 791 g/mol. The van der Waals surface area contributed by atoms with Gasteiger partial charge in [-0.2, -0.15) is 0 Å². The Balaban J connectivity index is 1.55. The van der Waals surface area contributed by atoms with Gasteiger partial charge in [-0.1, -0.05) is 54.6 Å². The molecule has 18 heteroatoms. The van der Waals surface area contributed by atoms with E-state index < -0.39 is 90.8 Å².